The first kappa shape index (κ1) is 12.8. The zero-order valence-electron chi connectivity index (χ0n) is 9.57. The Labute approximate surface area is 109 Å². The molecule has 1 aromatic carbocycles. The Bertz CT molecular complexity index is 559. The van der Waals surface area contributed by atoms with Crippen molar-refractivity contribution in [2.45, 2.75) is 13.8 Å². The van der Waals surface area contributed by atoms with E-state index in [1.165, 1.54) is 16.4 Å². The van der Waals surface area contributed by atoms with Crippen molar-refractivity contribution in [1.82, 2.24) is 0 Å². The lowest BCUT2D eigenvalue weighted by Crippen LogP contribution is -2.26. The van der Waals surface area contributed by atoms with Gasteiger partial charge in [0.25, 0.3) is 0 Å². The van der Waals surface area contributed by atoms with Crippen molar-refractivity contribution in [3.63, 3.8) is 0 Å². The van der Waals surface area contributed by atoms with Crippen molar-refractivity contribution in [3.05, 3.63) is 28.0 Å². The maximum Gasteiger partial charge on any atom is 0.235 e. The number of nitrogens with zero attached hydrogens (tertiary/aromatic N) is 1. The van der Waals surface area contributed by atoms with Crippen LogP contribution in [0.3, 0.4) is 0 Å². The Morgan fingerprint density at radius 2 is 2.12 bits per heavy atom. The lowest BCUT2D eigenvalue weighted by atomic mass is 10.1. The predicted molar refractivity (Wildman–Crippen MR) is 69.1 cm³/mol. The molecular formula is C11H13BrFNO2S. The number of sulfonamides is 1. The van der Waals surface area contributed by atoms with Crippen molar-refractivity contribution >= 4 is 31.6 Å². The second-order valence-corrected chi connectivity index (χ2v) is 7.26. The summed E-state index contributed by atoms with van der Waals surface area (Å²) in [6.07, 6.45) is 0. The summed E-state index contributed by atoms with van der Waals surface area (Å²) in [6, 6.07) is 2.87. The zero-order chi connectivity index (χ0) is 12.8. The molecule has 17 heavy (non-hydrogen) atoms. The highest BCUT2D eigenvalue weighted by Gasteiger charge is 2.34. The van der Waals surface area contributed by atoms with Gasteiger partial charge in [-0.1, -0.05) is 6.92 Å². The first-order valence-corrected chi connectivity index (χ1v) is 7.67. The number of halogens is 2. The van der Waals surface area contributed by atoms with E-state index in [0.29, 0.717) is 17.8 Å². The monoisotopic (exact) mass is 321 g/mol. The average Bonchev–Trinajstić information content (AvgIpc) is 2.45. The summed E-state index contributed by atoms with van der Waals surface area (Å²) < 4.78 is 38.8. The van der Waals surface area contributed by atoms with E-state index in [4.69, 9.17) is 0 Å². The van der Waals surface area contributed by atoms with Gasteiger partial charge in [-0.3, -0.25) is 4.31 Å². The van der Waals surface area contributed by atoms with Gasteiger partial charge in [0, 0.05) is 6.54 Å². The number of aryl methyl sites for hydroxylation is 1. The third-order valence-corrected chi connectivity index (χ3v) is 5.43. The molecule has 1 fully saturated rings. The Morgan fingerprint density at radius 1 is 1.47 bits per heavy atom. The van der Waals surface area contributed by atoms with Crippen molar-refractivity contribution in [3.8, 4) is 0 Å². The highest BCUT2D eigenvalue weighted by molar-refractivity contribution is 9.10. The van der Waals surface area contributed by atoms with E-state index >= 15 is 0 Å². The molecule has 3 nitrogen and oxygen atoms in total. The molecule has 6 heteroatoms. The maximum atomic E-state index is 13.3. The van der Waals surface area contributed by atoms with Gasteiger partial charge in [-0.05, 0) is 46.5 Å². The van der Waals surface area contributed by atoms with Gasteiger partial charge >= 0.3 is 0 Å². The molecule has 1 saturated heterocycles. The highest BCUT2D eigenvalue weighted by Crippen LogP contribution is 2.32. The second-order valence-electron chi connectivity index (χ2n) is 4.47. The van der Waals surface area contributed by atoms with Crippen LogP contribution in [0.2, 0.25) is 0 Å². The molecule has 1 aromatic rings. The Hall–Kier alpha value is -0.620. The minimum Gasteiger partial charge on any atom is -0.270 e. The molecule has 0 aromatic heterocycles. The smallest absolute Gasteiger partial charge is 0.235 e. The molecular weight excluding hydrogens is 309 g/mol. The van der Waals surface area contributed by atoms with Gasteiger partial charge in [0.1, 0.15) is 5.82 Å². The molecule has 1 aliphatic rings. The third kappa shape index (κ3) is 2.33. The van der Waals surface area contributed by atoms with Crippen molar-refractivity contribution < 1.29 is 12.8 Å². The molecule has 1 atom stereocenters. The average molecular weight is 322 g/mol. The Kier molecular flexibility index (Phi) is 3.20. The first-order chi connectivity index (χ1) is 7.81. The summed E-state index contributed by atoms with van der Waals surface area (Å²) in [7, 11) is -3.25. The minimum atomic E-state index is -3.25. The highest BCUT2D eigenvalue weighted by atomic mass is 79.9. The lowest BCUT2D eigenvalue weighted by Gasteiger charge is -2.20. The summed E-state index contributed by atoms with van der Waals surface area (Å²) in [6.45, 7) is 4.07. The summed E-state index contributed by atoms with van der Waals surface area (Å²) in [5, 5.41) is 0. The SMILES string of the molecule is Cc1cc(F)c(Br)cc1N1CC(C)CS1(=O)=O. The minimum absolute atomic E-state index is 0.100. The van der Waals surface area contributed by atoms with Gasteiger partial charge in [0.2, 0.25) is 10.0 Å². The quantitative estimate of drug-likeness (QED) is 0.797. The molecule has 0 spiro atoms. The summed E-state index contributed by atoms with van der Waals surface area (Å²) >= 11 is 3.08. The van der Waals surface area contributed by atoms with Crippen molar-refractivity contribution in [1.29, 1.82) is 0 Å². The normalized spacial score (nSPS) is 23.1. The summed E-state index contributed by atoms with van der Waals surface area (Å²) in [5.41, 5.74) is 1.19. The number of hydrogen-bond donors (Lipinski definition) is 0. The predicted octanol–water partition coefficient (Wildman–Crippen LogP) is 2.68. The molecule has 0 bridgehead atoms. The molecule has 1 heterocycles. The van der Waals surface area contributed by atoms with E-state index in [1.807, 2.05) is 6.92 Å². The van der Waals surface area contributed by atoms with E-state index in [0.717, 1.165) is 0 Å². The number of rotatable bonds is 1. The van der Waals surface area contributed by atoms with Gasteiger partial charge in [0.05, 0.1) is 15.9 Å². The Balaban J connectivity index is 2.52. The molecule has 0 amide bonds. The molecule has 1 unspecified atom stereocenters. The van der Waals surface area contributed by atoms with Crippen LogP contribution in [0.5, 0.6) is 0 Å². The number of hydrogen-bond acceptors (Lipinski definition) is 2. The first-order valence-electron chi connectivity index (χ1n) is 5.27. The topological polar surface area (TPSA) is 37.4 Å². The largest absolute Gasteiger partial charge is 0.270 e. The van der Waals surface area contributed by atoms with Crippen LogP contribution in [0.4, 0.5) is 10.1 Å². The van der Waals surface area contributed by atoms with Crippen LogP contribution in [-0.4, -0.2) is 20.7 Å². The van der Waals surface area contributed by atoms with Crippen molar-refractivity contribution in [2.75, 3.05) is 16.6 Å². The molecule has 0 aliphatic carbocycles. The molecule has 2 rings (SSSR count). The van der Waals surface area contributed by atoms with Gasteiger partial charge in [-0.15, -0.1) is 0 Å². The van der Waals surface area contributed by atoms with Crippen LogP contribution in [-0.2, 0) is 10.0 Å². The van der Waals surface area contributed by atoms with Gasteiger partial charge in [-0.2, -0.15) is 0 Å². The standard InChI is InChI=1S/C11H13BrFNO2S/c1-7-5-14(17(15,16)6-7)11-4-9(12)10(13)3-8(11)2/h3-4,7H,5-6H2,1-2H3. The lowest BCUT2D eigenvalue weighted by molar-refractivity contribution is 0.597. The molecule has 94 valence electrons. The Morgan fingerprint density at radius 3 is 2.65 bits per heavy atom. The van der Waals surface area contributed by atoms with Crippen LogP contribution in [0, 0.1) is 18.7 Å². The van der Waals surface area contributed by atoms with E-state index in [2.05, 4.69) is 15.9 Å². The van der Waals surface area contributed by atoms with Crippen LogP contribution in [0.1, 0.15) is 12.5 Å². The van der Waals surface area contributed by atoms with Crippen LogP contribution in [0.15, 0.2) is 16.6 Å². The van der Waals surface area contributed by atoms with Gasteiger partial charge in [-0.25, -0.2) is 12.8 Å². The van der Waals surface area contributed by atoms with Crippen LogP contribution >= 0.6 is 15.9 Å². The molecule has 0 N–H and O–H groups in total. The number of benzene rings is 1. The van der Waals surface area contributed by atoms with E-state index in [1.54, 1.807) is 6.92 Å². The summed E-state index contributed by atoms with van der Waals surface area (Å²) in [5.74, 6) is -0.124. The van der Waals surface area contributed by atoms with Gasteiger partial charge in [0.15, 0.2) is 0 Å². The van der Waals surface area contributed by atoms with Crippen LogP contribution in [0.25, 0.3) is 0 Å². The maximum absolute atomic E-state index is 13.3. The van der Waals surface area contributed by atoms with E-state index in [9.17, 15) is 12.8 Å². The van der Waals surface area contributed by atoms with Crippen LogP contribution < -0.4 is 4.31 Å². The third-order valence-electron chi connectivity index (χ3n) is 2.82. The fourth-order valence-corrected chi connectivity index (χ4v) is 4.37. The molecule has 0 saturated carbocycles. The molecule has 0 radical (unpaired) electrons. The van der Waals surface area contributed by atoms with Crippen molar-refractivity contribution in [2.24, 2.45) is 5.92 Å². The fraction of sp³-hybridized carbons (Fsp3) is 0.455. The van der Waals surface area contributed by atoms with E-state index < -0.39 is 10.0 Å². The number of anilines is 1. The molecule has 1 aliphatic heterocycles. The summed E-state index contributed by atoms with van der Waals surface area (Å²) in [4.78, 5) is 0. The van der Waals surface area contributed by atoms with E-state index in [-0.39, 0.29) is 22.0 Å². The second kappa shape index (κ2) is 4.24. The fourth-order valence-electron chi connectivity index (χ4n) is 2.05. The zero-order valence-corrected chi connectivity index (χ0v) is 12.0. The van der Waals surface area contributed by atoms with Gasteiger partial charge < -0.3 is 0 Å².